The minimum absolute atomic E-state index is 0.0154. The van der Waals surface area contributed by atoms with Crippen LogP contribution in [0.4, 0.5) is 9.59 Å². The zero-order chi connectivity index (χ0) is 79.4. The molecule has 2 heterocycles. The number of benzene rings is 8. The molecule has 6 saturated carbocycles. The lowest BCUT2D eigenvalue weighted by Crippen LogP contribution is -2.41. The summed E-state index contributed by atoms with van der Waals surface area (Å²) in [7, 11) is 0. The van der Waals surface area contributed by atoms with Crippen LogP contribution in [0, 0.1) is 16.7 Å². The summed E-state index contributed by atoms with van der Waals surface area (Å²) in [5.74, 6) is 3.05. The minimum Gasteiger partial charge on any atom is -0.481 e. The number of nitrogens with zero attached hydrogens (tertiary/aromatic N) is 9. The van der Waals surface area contributed by atoms with Crippen molar-refractivity contribution in [2.45, 2.75) is 104 Å². The maximum absolute atomic E-state index is 12.9. The second kappa shape index (κ2) is 38.3. The van der Waals surface area contributed by atoms with E-state index in [1.807, 2.05) is 95.9 Å². The molecule has 112 heavy (non-hydrogen) atoms. The van der Waals surface area contributed by atoms with E-state index in [0.29, 0.717) is 96.6 Å². The number of hydrogen-bond donors (Lipinski definition) is 6. The monoisotopic (exact) mass is 1610 g/mol. The normalized spacial score (nSPS) is 19.0. The van der Waals surface area contributed by atoms with E-state index in [9.17, 15) is 19.5 Å². The number of nitrogens with one attached hydrogen (secondary N) is 1. The second-order valence-electron chi connectivity index (χ2n) is 28.0. The Balaban J connectivity index is 0.000000141. The van der Waals surface area contributed by atoms with Crippen molar-refractivity contribution in [1.29, 1.82) is 5.26 Å². The molecule has 0 aliphatic heterocycles. The van der Waals surface area contributed by atoms with Gasteiger partial charge in [-0.25, -0.2) is 9.59 Å². The highest BCUT2D eigenvalue weighted by atomic mass is 35.5. The number of nitriles is 1. The molecular formula is C85H83Cl5N12O10. The van der Waals surface area contributed by atoms with Crippen LogP contribution >= 0.6 is 58.0 Å². The number of carboxylic acids is 1. The van der Waals surface area contributed by atoms with Crippen molar-refractivity contribution < 1.29 is 48.4 Å². The number of aliphatic carboxylic acids is 1. The first-order valence-corrected chi connectivity index (χ1v) is 38.1. The Labute approximate surface area is 673 Å². The van der Waals surface area contributed by atoms with Crippen molar-refractivity contribution in [2.75, 3.05) is 32.8 Å². The van der Waals surface area contributed by atoms with Crippen LogP contribution in [0.25, 0.3) is 22.8 Å². The predicted octanol–water partition coefficient (Wildman–Crippen LogP) is 18.3. The van der Waals surface area contributed by atoms with Crippen molar-refractivity contribution in [1.82, 2.24) is 35.4 Å². The maximum atomic E-state index is 12.9. The van der Waals surface area contributed by atoms with Gasteiger partial charge in [0.05, 0.1) is 27.9 Å². The molecule has 6 aliphatic rings. The summed E-state index contributed by atoms with van der Waals surface area (Å²) in [5.41, 5.74) is 17.1. The highest BCUT2D eigenvalue weighted by molar-refractivity contribution is 6.32. The molecule has 0 radical (unpaired) electrons. The van der Waals surface area contributed by atoms with Gasteiger partial charge in [0.25, 0.3) is 0 Å². The molecule has 8 aromatic carbocycles. The number of amides is 2. The van der Waals surface area contributed by atoms with E-state index in [2.05, 4.69) is 91.5 Å². The number of nitrogens with two attached hydrogens (primary N) is 2. The molecule has 0 spiro atoms. The number of carbonyl (C=O) groups excluding carboxylic acids is 2. The van der Waals surface area contributed by atoms with E-state index in [0.717, 1.165) is 62.1 Å². The van der Waals surface area contributed by atoms with Crippen molar-refractivity contribution in [3.05, 3.63) is 308 Å². The van der Waals surface area contributed by atoms with Crippen LogP contribution in [0.5, 0.6) is 0 Å². The Kier molecular flexibility index (Phi) is 28.0. The Morgan fingerprint density at radius 1 is 0.527 bits per heavy atom. The van der Waals surface area contributed by atoms with Gasteiger partial charge in [0.1, 0.15) is 13.2 Å². The summed E-state index contributed by atoms with van der Waals surface area (Å²) in [5, 5.41) is 55.3. The molecule has 27 heteroatoms. The lowest BCUT2D eigenvalue weighted by atomic mass is 10.1. The fourth-order valence-corrected chi connectivity index (χ4v) is 13.3. The van der Waals surface area contributed by atoms with Crippen LogP contribution in [-0.2, 0) is 25.1 Å². The van der Waals surface area contributed by atoms with Crippen LogP contribution in [0.15, 0.2) is 257 Å². The number of amidine groups is 2. The third-order valence-electron chi connectivity index (χ3n) is 20.0. The van der Waals surface area contributed by atoms with Gasteiger partial charge in [-0.05, 0) is 196 Å². The fraction of sp³-hybridized carbons (Fsp3) is 0.271. The first-order chi connectivity index (χ1) is 54.2. The maximum Gasteiger partial charge on any atom is 0.410 e. The topological polar surface area (TPSA) is 327 Å². The molecule has 6 fully saturated rings. The van der Waals surface area contributed by atoms with E-state index in [-0.39, 0.29) is 66.4 Å². The third kappa shape index (κ3) is 22.4. The highest BCUT2D eigenvalue weighted by Gasteiger charge is 2.57. The van der Waals surface area contributed by atoms with Crippen LogP contribution in [0.3, 0.4) is 0 Å². The SMILES string of the molecule is C=CCOC(=O)N(CC1(C(=O)O)CC1)[C@H]1CC1c1ccccc1.C=CCOC(=O)N(CC1(c2nc(-c3ccc(Cl)cc3)no2)CC1)[C@H]1CC1c1ccccc1.Clc1ccc(-c2noc(C3(CN[C@H]4CC4c4ccccc4)CC3)n2)cc1.N#Cc1ccc(Cl)cc1.NC(=NO)c1ccc(Cl)cc1.NC(=NO)c1ccc(Cl)cc1. The summed E-state index contributed by atoms with van der Waals surface area (Å²) >= 11 is 28.7. The van der Waals surface area contributed by atoms with Gasteiger partial charge in [-0.2, -0.15) is 15.2 Å². The lowest BCUT2D eigenvalue weighted by Gasteiger charge is -2.26. The Morgan fingerprint density at radius 2 is 0.893 bits per heavy atom. The van der Waals surface area contributed by atoms with E-state index in [4.69, 9.17) is 104 Å². The highest BCUT2D eigenvalue weighted by Crippen LogP contribution is 2.54. The standard InChI is InChI=1S/C25H24ClN3O3.C21H20ClN3O.C18H21NO4.2C7H7ClN2O.C7H4ClN/c1-2-14-31-24(30)29(21-15-20(21)17-6-4-3-5-7-17)16-25(12-13-25)23-27-22(28-32-23)18-8-10-19(26)11-9-18;22-16-8-6-15(7-9-16)19-24-20(26-25-19)21(10-11-21)13-23-18-12-17(18)14-4-2-1-3-5-14;1-2-10-23-17(22)19(12-18(8-9-18)16(20)21)15-11-14(15)13-6-4-3-5-7-13;2*8-6-3-1-5(2-4-6)7(9)10-11;8-7-3-1-6(5-9)2-4-7/h2-11,20-21H,1,12-16H2;1-9,17-18,23H,10-13H2;2-7,14-15H,1,8-12H2,(H,20,21);2*1-4,11H,(H2,9,10);1-4H/t20?,21-;17?,18-;14?,15-;;;/m000.../s1. The number of oxime groups is 2. The zero-order valence-electron chi connectivity index (χ0n) is 60.9. The molecule has 578 valence electrons. The molecule has 2 aromatic heterocycles. The first-order valence-electron chi connectivity index (χ1n) is 36.2. The molecule has 16 rings (SSSR count). The van der Waals surface area contributed by atoms with Crippen LogP contribution < -0.4 is 16.8 Å². The molecule has 6 atom stereocenters. The van der Waals surface area contributed by atoms with Crippen molar-refractivity contribution in [2.24, 2.45) is 27.2 Å². The lowest BCUT2D eigenvalue weighted by molar-refractivity contribution is -0.144. The molecule has 8 N–H and O–H groups in total. The van der Waals surface area contributed by atoms with Gasteiger partial charge in [-0.1, -0.05) is 195 Å². The van der Waals surface area contributed by atoms with Gasteiger partial charge in [-0.3, -0.25) is 4.79 Å². The molecule has 6 aliphatic carbocycles. The van der Waals surface area contributed by atoms with Crippen molar-refractivity contribution in [3.8, 4) is 28.8 Å². The van der Waals surface area contributed by atoms with Gasteiger partial charge in [0.2, 0.25) is 23.4 Å². The number of hydrogen-bond acceptors (Lipinski definition) is 17. The molecule has 22 nitrogen and oxygen atoms in total. The van der Waals surface area contributed by atoms with Gasteiger partial charge in [-0.15, -0.1) is 0 Å². The quantitative estimate of drug-likeness (QED) is 0.0114. The number of carbonyl (C=O) groups is 3. The zero-order valence-corrected chi connectivity index (χ0v) is 64.7. The van der Waals surface area contributed by atoms with Crippen LogP contribution in [-0.4, -0.2) is 126 Å². The van der Waals surface area contributed by atoms with Crippen LogP contribution in [0.2, 0.25) is 25.1 Å². The Hall–Kier alpha value is -11.0. The summed E-state index contributed by atoms with van der Waals surface area (Å²) in [6.07, 6.45) is 10.5. The van der Waals surface area contributed by atoms with Gasteiger partial charge in [0.15, 0.2) is 11.7 Å². The molecule has 0 bridgehead atoms. The van der Waals surface area contributed by atoms with Crippen LogP contribution in [0.1, 0.15) is 121 Å². The predicted molar refractivity (Wildman–Crippen MR) is 432 cm³/mol. The summed E-state index contributed by atoms with van der Waals surface area (Å²) in [6.45, 7) is 9.15. The number of ether oxygens (including phenoxy) is 2. The smallest absolute Gasteiger partial charge is 0.410 e. The van der Waals surface area contributed by atoms with Crippen molar-refractivity contribution in [3.63, 3.8) is 0 Å². The second-order valence-corrected chi connectivity index (χ2v) is 30.2. The number of carboxylic acid groups (broad SMARTS) is 1. The molecule has 10 aromatic rings. The minimum atomic E-state index is -0.823. The molecule has 0 saturated heterocycles. The average Bonchev–Trinajstić information content (AvgIpc) is 1.60. The van der Waals surface area contributed by atoms with Gasteiger partial charge in [0, 0.05) is 103 Å². The Bertz CT molecular complexity index is 4830. The molecule has 3 unspecified atom stereocenters. The largest absolute Gasteiger partial charge is 0.481 e. The average molecular weight is 1610 g/mol. The molecular weight excluding hydrogens is 1530 g/mol. The number of rotatable bonds is 23. The van der Waals surface area contributed by atoms with E-state index < -0.39 is 17.5 Å². The number of aromatic nitrogens is 4. The van der Waals surface area contributed by atoms with Crippen molar-refractivity contribution >= 4 is 87.8 Å². The molecule has 2 amide bonds. The summed E-state index contributed by atoms with van der Waals surface area (Å²) in [6, 6.07) is 68.7. The van der Waals surface area contributed by atoms with Gasteiger partial charge < -0.3 is 60.6 Å². The first kappa shape index (κ1) is 81.9. The summed E-state index contributed by atoms with van der Waals surface area (Å²) in [4.78, 5) is 49.5. The third-order valence-corrected chi connectivity index (χ3v) is 21.3. The van der Waals surface area contributed by atoms with E-state index >= 15 is 0 Å². The van der Waals surface area contributed by atoms with E-state index in [1.54, 1.807) is 95.9 Å². The Morgan fingerprint density at radius 3 is 1.25 bits per heavy atom. The fourth-order valence-electron chi connectivity index (χ4n) is 12.7. The van der Waals surface area contributed by atoms with E-state index in [1.165, 1.54) is 29.2 Å². The summed E-state index contributed by atoms with van der Waals surface area (Å²) < 4.78 is 21.9. The van der Waals surface area contributed by atoms with Gasteiger partial charge >= 0.3 is 18.2 Å². The number of halogens is 5.